The van der Waals surface area contributed by atoms with Gasteiger partial charge in [-0.15, -0.1) is 0 Å². The molecule has 0 spiro atoms. The fraction of sp³-hybridized carbons (Fsp3) is 0.391. The van der Waals surface area contributed by atoms with Crippen LogP contribution in [-0.2, 0) is 24.3 Å². The second-order valence-corrected chi connectivity index (χ2v) is 8.76. The molecule has 2 aromatic carbocycles. The normalized spacial score (nSPS) is 11.2. The average Bonchev–Trinajstić information content (AvgIpc) is 2.80. The number of hydrogen-bond acceptors (Lipinski definition) is 7. The Bertz CT molecular complexity index is 1000. The van der Waals surface area contributed by atoms with Gasteiger partial charge in [-0.3, -0.25) is 9.59 Å². The van der Waals surface area contributed by atoms with E-state index < -0.39 is 28.5 Å². The summed E-state index contributed by atoms with van der Waals surface area (Å²) in [5.74, 6) is 0.220. The lowest BCUT2D eigenvalue weighted by molar-refractivity contribution is -0.147. The Morgan fingerprint density at radius 1 is 0.879 bits per heavy atom. The van der Waals surface area contributed by atoms with Gasteiger partial charge in [-0.25, -0.2) is 8.42 Å². The maximum atomic E-state index is 12.5. The summed E-state index contributed by atoms with van der Waals surface area (Å²) in [6, 6.07) is 12.8. The highest BCUT2D eigenvalue weighted by atomic mass is 32.2. The molecule has 0 saturated carbocycles. The predicted molar refractivity (Wildman–Crippen MR) is 124 cm³/mol. The van der Waals surface area contributed by atoms with E-state index in [9.17, 15) is 18.0 Å². The van der Waals surface area contributed by atoms with E-state index in [0.717, 1.165) is 5.75 Å². The molecule has 1 N–H and O–H groups in total. The first-order valence-corrected chi connectivity index (χ1v) is 12.2. The number of esters is 1. The lowest BCUT2D eigenvalue weighted by Crippen LogP contribution is -2.30. The summed E-state index contributed by atoms with van der Waals surface area (Å²) in [6.45, 7) is 6.39. The molecule has 0 heterocycles. The van der Waals surface area contributed by atoms with Crippen LogP contribution in [0.3, 0.4) is 0 Å². The molecule has 2 aromatic rings. The molecule has 1 amide bonds. The summed E-state index contributed by atoms with van der Waals surface area (Å²) in [5.41, 5.74) is 0.397. The third-order valence-electron chi connectivity index (χ3n) is 4.56. The third-order valence-corrected chi connectivity index (χ3v) is 6.62. The Hall–Kier alpha value is -3.11. The van der Waals surface area contributed by atoms with Gasteiger partial charge in [0.1, 0.15) is 11.5 Å². The van der Waals surface area contributed by atoms with Crippen LogP contribution < -0.4 is 14.8 Å². The number of rotatable bonds is 13. The summed E-state index contributed by atoms with van der Waals surface area (Å²) in [5, 5.41) is 2.56. The van der Waals surface area contributed by atoms with Crippen LogP contribution in [0, 0.1) is 0 Å². The lowest BCUT2D eigenvalue weighted by Gasteiger charge is -2.18. The van der Waals surface area contributed by atoms with Crippen molar-refractivity contribution in [2.45, 2.75) is 32.1 Å². The first-order chi connectivity index (χ1) is 15.8. The van der Waals surface area contributed by atoms with Gasteiger partial charge in [-0.05, 0) is 55.5 Å². The Labute approximate surface area is 194 Å². The van der Waals surface area contributed by atoms with Gasteiger partial charge >= 0.3 is 5.97 Å². The molecule has 0 radical (unpaired) electrons. The summed E-state index contributed by atoms with van der Waals surface area (Å²) < 4.78 is 42.1. The Morgan fingerprint density at radius 3 is 2.00 bits per heavy atom. The van der Waals surface area contributed by atoms with Gasteiger partial charge < -0.3 is 19.5 Å². The summed E-state index contributed by atoms with van der Waals surface area (Å²) in [7, 11) is -3.57. The van der Waals surface area contributed by atoms with Gasteiger partial charge in [0.15, 0.2) is 6.61 Å². The molecule has 0 bridgehead atoms. The number of hydrogen-bond donors (Lipinski definition) is 1. The SMILES string of the molecule is CCOc1ccc(OCCC(=O)OCC(=O)Nc2ccc(S(=O)(=O)N(CC)CC)cc2)cc1. The van der Waals surface area contributed by atoms with Crippen LogP contribution in [0.4, 0.5) is 5.69 Å². The Kier molecular flexibility index (Phi) is 10.1. The van der Waals surface area contributed by atoms with Crippen molar-refractivity contribution in [1.82, 2.24) is 4.31 Å². The van der Waals surface area contributed by atoms with Crippen molar-refractivity contribution in [3.05, 3.63) is 48.5 Å². The molecule has 0 aromatic heterocycles. The van der Waals surface area contributed by atoms with Gasteiger partial charge in [-0.1, -0.05) is 13.8 Å². The summed E-state index contributed by atoms with van der Waals surface area (Å²) in [6.07, 6.45) is -0.0155. The maximum absolute atomic E-state index is 12.5. The zero-order chi connectivity index (χ0) is 24.3. The zero-order valence-electron chi connectivity index (χ0n) is 19.1. The fourth-order valence-electron chi connectivity index (χ4n) is 2.89. The molecule has 0 unspecified atom stereocenters. The summed E-state index contributed by atoms with van der Waals surface area (Å²) >= 11 is 0. The average molecular weight is 479 g/mol. The van der Waals surface area contributed by atoms with Gasteiger partial charge in [0, 0.05) is 18.8 Å². The van der Waals surface area contributed by atoms with Crippen molar-refractivity contribution in [2.75, 3.05) is 38.2 Å². The lowest BCUT2D eigenvalue weighted by atomic mass is 10.3. The maximum Gasteiger partial charge on any atom is 0.309 e. The predicted octanol–water partition coefficient (Wildman–Crippen LogP) is 3.07. The van der Waals surface area contributed by atoms with Gasteiger partial charge in [0.05, 0.1) is 24.5 Å². The minimum Gasteiger partial charge on any atom is -0.494 e. The fourth-order valence-corrected chi connectivity index (χ4v) is 4.35. The van der Waals surface area contributed by atoms with Crippen LogP contribution in [0.25, 0.3) is 0 Å². The molecule has 0 saturated heterocycles. The number of carbonyl (C=O) groups excluding carboxylic acids is 2. The molecule has 180 valence electrons. The molecule has 2 rings (SSSR count). The number of carbonyl (C=O) groups is 2. The monoisotopic (exact) mass is 478 g/mol. The molecule has 0 aliphatic rings. The second-order valence-electron chi connectivity index (χ2n) is 6.83. The topological polar surface area (TPSA) is 111 Å². The van der Waals surface area contributed by atoms with E-state index in [0.29, 0.717) is 31.1 Å². The molecular weight excluding hydrogens is 448 g/mol. The number of ether oxygens (including phenoxy) is 3. The molecule has 0 aliphatic carbocycles. The molecule has 0 fully saturated rings. The van der Waals surface area contributed by atoms with Gasteiger partial charge in [0.25, 0.3) is 5.91 Å². The van der Waals surface area contributed by atoms with Crippen molar-refractivity contribution in [1.29, 1.82) is 0 Å². The van der Waals surface area contributed by atoms with Crippen LogP contribution >= 0.6 is 0 Å². The molecule has 9 nitrogen and oxygen atoms in total. The summed E-state index contributed by atoms with van der Waals surface area (Å²) in [4.78, 5) is 24.0. The van der Waals surface area contributed by atoms with E-state index in [1.807, 2.05) is 6.92 Å². The largest absolute Gasteiger partial charge is 0.494 e. The molecule has 33 heavy (non-hydrogen) atoms. The number of amides is 1. The van der Waals surface area contributed by atoms with E-state index in [4.69, 9.17) is 14.2 Å². The van der Waals surface area contributed by atoms with Crippen LogP contribution in [0.2, 0.25) is 0 Å². The number of anilines is 1. The number of nitrogens with one attached hydrogen (secondary N) is 1. The van der Waals surface area contributed by atoms with Crippen molar-refractivity contribution < 1.29 is 32.2 Å². The minimum absolute atomic E-state index is 0.0155. The smallest absolute Gasteiger partial charge is 0.309 e. The minimum atomic E-state index is -3.57. The standard InChI is InChI=1S/C23H30N2O7S/c1-4-25(5-2)33(28,29)21-13-7-18(8-14-21)24-22(26)17-32-23(27)15-16-31-20-11-9-19(10-12-20)30-6-3/h7-14H,4-6,15-17H2,1-3H3,(H,24,26). The second kappa shape index (κ2) is 12.8. The van der Waals surface area contributed by atoms with Crippen LogP contribution in [0.1, 0.15) is 27.2 Å². The Morgan fingerprint density at radius 2 is 1.45 bits per heavy atom. The van der Waals surface area contributed by atoms with Crippen LogP contribution in [0.15, 0.2) is 53.4 Å². The van der Waals surface area contributed by atoms with E-state index in [2.05, 4.69) is 5.32 Å². The molecule has 0 atom stereocenters. The van der Waals surface area contributed by atoms with Crippen LogP contribution in [0.5, 0.6) is 11.5 Å². The van der Waals surface area contributed by atoms with Crippen molar-refractivity contribution in [3.8, 4) is 11.5 Å². The van der Waals surface area contributed by atoms with E-state index in [1.165, 1.54) is 28.6 Å². The highest BCUT2D eigenvalue weighted by Gasteiger charge is 2.21. The molecular formula is C23H30N2O7S. The number of nitrogens with zero attached hydrogens (tertiary/aromatic N) is 1. The highest BCUT2D eigenvalue weighted by molar-refractivity contribution is 7.89. The van der Waals surface area contributed by atoms with Crippen molar-refractivity contribution in [2.24, 2.45) is 0 Å². The number of benzene rings is 2. The number of sulfonamides is 1. The zero-order valence-corrected chi connectivity index (χ0v) is 19.9. The Balaban J connectivity index is 1.74. The first kappa shape index (κ1) is 26.1. The van der Waals surface area contributed by atoms with Gasteiger partial charge in [0.2, 0.25) is 10.0 Å². The van der Waals surface area contributed by atoms with Crippen LogP contribution in [-0.4, -0.2) is 57.5 Å². The molecule has 10 heteroatoms. The molecule has 0 aliphatic heterocycles. The quantitative estimate of drug-likeness (QED) is 0.441. The van der Waals surface area contributed by atoms with Crippen molar-refractivity contribution >= 4 is 27.6 Å². The van der Waals surface area contributed by atoms with E-state index in [-0.39, 0.29) is 17.9 Å². The van der Waals surface area contributed by atoms with Gasteiger partial charge in [-0.2, -0.15) is 4.31 Å². The first-order valence-electron chi connectivity index (χ1n) is 10.7. The highest BCUT2D eigenvalue weighted by Crippen LogP contribution is 2.19. The van der Waals surface area contributed by atoms with E-state index >= 15 is 0 Å². The third kappa shape index (κ3) is 8.07. The van der Waals surface area contributed by atoms with Crippen molar-refractivity contribution in [3.63, 3.8) is 0 Å². The van der Waals surface area contributed by atoms with E-state index in [1.54, 1.807) is 38.1 Å².